The minimum atomic E-state index is -0.564. The zero-order valence-corrected chi connectivity index (χ0v) is 18.0. The van der Waals surface area contributed by atoms with Crippen LogP contribution in [0.4, 0.5) is 0 Å². The molecule has 0 bridgehead atoms. The highest BCUT2D eigenvalue weighted by molar-refractivity contribution is 6.32. The summed E-state index contributed by atoms with van der Waals surface area (Å²) < 4.78 is 0. The van der Waals surface area contributed by atoms with Gasteiger partial charge in [0.2, 0.25) is 0 Å². The maximum Gasteiger partial charge on any atom is 0.155 e. The van der Waals surface area contributed by atoms with Crippen LogP contribution in [0.5, 0.6) is 0 Å². The average Bonchev–Trinajstić information content (AvgIpc) is 2.64. The largest absolute Gasteiger partial charge is 0.298 e. The second-order valence-electron chi connectivity index (χ2n) is 7.38. The van der Waals surface area contributed by atoms with Crippen molar-refractivity contribution >= 4 is 29.0 Å². The van der Waals surface area contributed by atoms with E-state index in [-0.39, 0.29) is 5.78 Å². The molecule has 0 spiro atoms. The summed E-state index contributed by atoms with van der Waals surface area (Å²) in [5.41, 5.74) is 0.805. The summed E-state index contributed by atoms with van der Waals surface area (Å²) in [6.07, 6.45) is 17.6. The van der Waals surface area contributed by atoms with Crippen LogP contribution < -0.4 is 0 Å². The van der Waals surface area contributed by atoms with E-state index < -0.39 is 5.38 Å². The van der Waals surface area contributed by atoms with Gasteiger partial charge in [0.05, 0.1) is 0 Å². The molecule has 0 N–H and O–H groups in total. The topological polar surface area (TPSA) is 17.1 Å². The molecule has 148 valence electrons. The molecule has 0 fully saturated rings. The van der Waals surface area contributed by atoms with Crippen LogP contribution in [0, 0.1) is 0 Å². The molecular formula is C23H36Cl2O. The summed E-state index contributed by atoms with van der Waals surface area (Å²) in [7, 11) is 0. The predicted octanol–water partition coefficient (Wildman–Crippen LogP) is 8.67. The number of alkyl halides is 1. The number of hydrogen-bond acceptors (Lipinski definition) is 1. The van der Waals surface area contributed by atoms with Crippen LogP contribution in [0.3, 0.4) is 0 Å². The lowest BCUT2D eigenvalue weighted by molar-refractivity contribution is -0.118. The Morgan fingerprint density at radius 2 is 1.35 bits per heavy atom. The fourth-order valence-corrected chi connectivity index (χ4v) is 3.74. The second kappa shape index (κ2) is 15.5. The monoisotopic (exact) mass is 398 g/mol. The van der Waals surface area contributed by atoms with E-state index >= 15 is 0 Å². The third kappa shape index (κ3) is 11.2. The Morgan fingerprint density at radius 3 is 1.85 bits per heavy atom. The van der Waals surface area contributed by atoms with Gasteiger partial charge in [0.15, 0.2) is 5.78 Å². The number of carbonyl (C=O) groups excluding carboxylic acids is 1. The van der Waals surface area contributed by atoms with Crippen molar-refractivity contribution in [2.45, 2.75) is 102 Å². The Kier molecular flexibility index (Phi) is 14.0. The van der Waals surface area contributed by atoms with Crippen LogP contribution in [0.1, 0.15) is 108 Å². The molecule has 0 saturated heterocycles. The van der Waals surface area contributed by atoms with Crippen molar-refractivity contribution in [1.82, 2.24) is 0 Å². The molecule has 26 heavy (non-hydrogen) atoms. The molecule has 0 saturated carbocycles. The van der Waals surface area contributed by atoms with E-state index in [1.54, 1.807) is 12.1 Å². The first-order chi connectivity index (χ1) is 12.6. The number of unbranched alkanes of at least 4 members (excludes halogenated alkanes) is 12. The number of benzene rings is 1. The summed E-state index contributed by atoms with van der Waals surface area (Å²) in [5.74, 6) is 0.108. The predicted molar refractivity (Wildman–Crippen MR) is 115 cm³/mol. The van der Waals surface area contributed by atoms with Gasteiger partial charge in [0.1, 0.15) is 5.38 Å². The Morgan fingerprint density at radius 1 is 0.846 bits per heavy atom. The minimum absolute atomic E-state index is 0.108. The van der Waals surface area contributed by atoms with E-state index in [2.05, 4.69) is 6.92 Å². The normalized spacial score (nSPS) is 12.3. The van der Waals surface area contributed by atoms with Crippen molar-refractivity contribution in [3.63, 3.8) is 0 Å². The molecule has 0 aliphatic rings. The molecule has 1 nitrogen and oxygen atoms in total. The molecule has 1 rings (SSSR count). The number of carbonyl (C=O) groups is 1. The maximum absolute atomic E-state index is 12.2. The number of hydrogen-bond donors (Lipinski definition) is 0. The van der Waals surface area contributed by atoms with Crippen LogP contribution in [0.15, 0.2) is 24.3 Å². The molecule has 1 aromatic rings. The van der Waals surface area contributed by atoms with E-state index in [1.165, 1.54) is 70.6 Å². The van der Waals surface area contributed by atoms with Crippen molar-refractivity contribution < 1.29 is 4.79 Å². The number of rotatable bonds is 16. The third-order valence-corrected chi connectivity index (χ3v) is 5.68. The maximum atomic E-state index is 12.2. The quantitative estimate of drug-likeness (QED) is 0.201. The fourth-order valence-electron chi connectivity index (χ4n) is 3.29. The second-order valence-corrected chi connectivity index (χ2v) is 8.25. The van der Waals surface area contributed by atoms with Gasteiger partial charge >= 0.3 is 0 Å². The van der Waals surface area contributed by atoms with Crippen molar-refractivity contribution in [2.24, 2.45) is 0 Å². The molecule has 0 amide bonds. The first-order valence-corrected chi connectivity index (χ1v) is 11.4. The van der Waals surface area contributed by atoms with Crippen LogP contribution in [-0.4, -0.2) is 5.78 Å². The average molecular weight is 399 g/mol. The summed E-state index contributed by atoms with van der Waals surface area (Å²) in [6, 6.07) is 7.28. The minimum Gasteiger partial charge on any atom is -0.298 e. The first-order valence-electron chi connectivity index (χ1n) is 10.6. The lowest BCUT2D eigenvalue weighted by Gasteiger charge is -2.09. The Bertz CT molecular complexity index is 487. The van der Waals surface area contributed by atoms with Crippen LogP contribution in [0.25, 0.3) is 0 Å². The smallest absolute Gasteiger partial charge is 0.155 e. The van der Waals surface area contributed by atoms with Gasteiger partial charge < -0.3 is 0 Å². The summed E-state index contributed by atoms with van der Waals surface area (Å²) in [5, 5.41) is 0.0629. The van der Waals surface area contributed by atoms with E-state index in [1.807, 2.05) is 12.1 Å². The molecule has 0 aromatic heterocycles. The molecule has 1 atom stereocenters. The molecule has 0 heterocycles. The molecule has 1 aromatic carbocycles. The van der Waals surface area contributed by atoms with Crippen LogP contribution >= 0.6 is 23.2 Å². The standard InChI is InChI=1S/C23H36Cl2O/c1-2-3-4-5-6-7-8-9-10-11-12-13-14-18-22(26)23(25)20-16-15-17-21(24)19-20/h15-17,19,23H,2-14,18H2,1H3. The SMILES string of the molecule is CCCCCCCCCCCCCCCC(=O)C(Cl)c1cccc(Cl)c1. The van der Waals surface area contributed by atoms with Gasteiger partial charge in [-0.05, 0) is 24.1 Å². The van der Waals surface area contributed by atoms with Gasteiger partial charge in [-0.1, -0.05) is 108 Å². The lowest BCUT2D eigenvalue weighted by Crippen LogP contribution is -2.06. The van der Waals surface area contributed by atoms with Gasteiger partial charge in [-0.2, -0.15) is 0 Å². The highest BCUT2D eigenvalue weighted by Gasteiger charge is 2.17. The Balaban J connectivity index is 1.94. The number of ketones is 1. The highest BCUT2D eigenvalue weighted by atomic mass is 35.5. The summed E-state index contributed by atoms with van der Waals surface area (Å²) >= 11 is 12.2. The van der Waals surface area contributed by atoms with Crippen molar-refractivity contribution in [1.29, 1.82) is 0 Å². The Hall–Kier alpha value is -0.530. The van der Waals surface area contributed by atoms with Crippen LogP contribution in [-0.2, 0) is 4.79 Å². The molecule has 3 heteroatoms. The van der Waals surface area contributed by atoms with E-state index in [9.17, 15) is 4.79 Å². The molecule has 0 aliphatic carbocycles. The van der Waals surface area contributed by atoms with Gasteiger partial charge in [0, 0.05) is 11.4 Å². The summed E-state index contributed by atoms with van der Waals surface area (Å²) in [6.45, 7) is 2.27. The van der Waals surface area contributed by atoms with Crippen molar-refractivity contribution in [3.8, 4) is 0 Å². The molecule has 0 aliphatic heterocycles. The third-order valence-electron chi connectivity index (χ3n) is 4.95. The summed E-state index contributed by atoms with van der Waals surface area (Å²) in [4.78, 5) is 12.2. The Labute approximate surface area is 170 Å². The van der Waals surface area contributed by atoms with Crippen molar-refractivity contribution in [3.05, 3.63) is 34.9 Å². The highest BCUT2D eigenvalue weighted by Crippen LogP contribution is 2.26. The zero-order valence-electron chi connectivity index (χ0n) is 16.5. The first kappa shape index (κ1) is 23.5. The van der Waals surface area contributed by atoms with Crippen LogP contribution in [0.2, 0.25) is 5.02 Å². The number of halogens is 2. The molecular weight excluding hydrogens is 363 g/mol. The van der Waals surface area contributed by atoms with E-state index in [0.717, 1.165) is 18.4 Å². The van der Waals surface area contributed by atoms with E-state index in [0.29, 0.717) is 11.4 Å². The lowest BCUT2D eigenvalue weighted by atomic mass is 10.0. The molecule has 0 radical (unpaired) electrons. The van der Waals surface area contributed by atoms with E-state index in [4.69, 9.17) is 23.2 Å². The zero-order chi connectivity index (χ0) is 19.0. The molecule has 1 unspecified atom stereocenters. The van der Waals surface area contributed by atoms with Gasteiger partial charge in [-0.25, -0.2) is 0 Å². The number of Topliss-reactive ketones (excluding diaryl/α,β-unsaturated/α-hetero) is 1. The van der Waals surface area contributed by atoms with Gasteiger partial charge in [-0.15, -0.1) is 11.6 Å². The van der Waals surface area contributed by atoms with Crippen molar-refractivity contribution in [2.75, 3.05) is 0 Å². The van der Waals surface area contributed by atoms with Gasteiger partial charge in [-0.3, -0.25) is 4.79 Å². The fraction of sp³-hybridized carbons (Fsp3) is 0.696. The van der Waals surface area contributed by atoms with Gasteiger partial charge in [0.25, 0.3) is 0 Å².